The summed E-state index contributed by atoms with van der Waals surface area (Å²) < 4.78 is 6.29. The summed E-state index contributed by atoms with van der Waals surface area (Å²) in [5.74, 6) is 0.0947. The van der Waals surface area contributed by atoms with Gasteiger partial charge in [0.1, 0.15) is 11.8 Å². The number of nitrogens with zero attached hydrogens (tertiary/aromatic N) is 1. The van der Waals surface area contributed by atoms with Crippen LogP contribution in [0.5, 0.6) is 5.75 Å². The van der Waals surface area contributed by atoms with Crippen LogP contribution in [0.2, 0.25) is 15.1 Å². The third kappa shape index (κ3) is 7.56. The van der Waals surface area contributed by atoms with E-state index in [-0.39, 0.29) is 30.9 Å². The van der Waals surface area contributed by atoms with Crippen molar-refractivity contribution in [2.24, 2.45) is 5.92 Å². The summed E-state index contributed by atoms with van der Waals surface area (Å²) in [6.07, 6.45) is 0. The zero-order valence-corrected chi connectivity index (χ0v) is 21.3. The third-order valence-corrected chi connectivity index (χ3v) is 6.05. The van der Waals surface area contributed by atoms with E-state index >= 15 is 0 Å². The maximum Gasteiger partial charge on any atom is 0.261 e. The van der Waals surface area contributed by atoms with Crippen molar-refractivity contribution in [3.63, 3.8) is 0 Å². The van der Waals surface area contributed by atoms with Gasteiger partial charge in [-0.15, -0.1) is 0 Å². The Kier molecular flexibility index (Phi) is 9.94. The quantitative estimate of drug-likeness (QED) is 0.418. The molecular formula is C22H24BrCl3N2O3. The molecule has 0 aliphatic heterocycles. The monoisotopic (exact) mass is 548 g/mol. The second kappa shape index (κ2) is 12.0. The molecule has 2 aromatic rings. The molecule has 0 bridgehead atoms. The predicted octanol–water partition coefficient (Wildman–Crippen LogP) is 5.98. The van der Waals surface area contributed by atoms with Crippen molar-refractivity contribution in [1.82, 2.24) is 10.2 Å². The topological polar surface area (TPSA) is 58.6 Å². The molecule has 1 atom stereocenters. The molecule has 2 rings (SSSR count). The van der Waals surface area contributed by atoms with E-state index in [2.05, 4.69) is 21.2 Å². The van der Waals surface area contributed by atoms with Gasteiger partial charge in [-0.25, -0.2) is 0 Å². The summed E-state index contributed by atoms with van der Waals surface area (Å²) >= 11 is 21.9. The number of hydrogen-bond donors (Lipinski definition) is 1. The number of carbonyl (C=O) groups is 2. The van der Waals surface area contributed by atoms with Crippen molar-refractivity contribution in [3.05, 3.63) is 61.5 Å². The lowest BCUT2D eigenvalue weighted by molar-refractivity contribution is -0.142. The molecule has 0 aliphatic rings. The van der Waals surface area contributed by atoms with Crippen LogP contribution in [0.25, 0.3) is 0 Å². The Bertz CT molecular complexity index is 920. The first kappa shape index (κ1) is 25.8. The highest BCUT2D eigenvalue weighted by atomic mass is 79.9. The molecule has 0 radical (unpaired) electrons. The molecular weight excluding hydrogens is 527 g/mol. The van der Waals surface area contributed by atoms with E-state index in [1.54, 1.807) is 43.3 Å². The molecule has 0 aliphatic carbocycles. The van der Waals surface area contributed by atoms with Gasteiger partial charge in [0, 0.05) is 33.7 Å². The van der Waals surface area contributed by atoms with Crippen LogP contribution < -0.4 is 10.1 Å². The predicted molar refractivity (Wildman–Crippen MR) is 129 cm³/mol. The highest BCUT2D eigenvalue weighted by molar-refractivity contribution is 9.10. The summed E-state index contributed by atoms with van der Waals surface area (Å²) in [6.45, 7) is 5.95. The fraction of sp³-hybridized carbons (Fsp3) is 0.364. The molecule has 1 N–H and O–H groups in total. The first-order valence-corrected chi connectivity index (χ1v) is 11.6. The number of ether oxygens (including phenoxy) is 1. The van der Waals surface area contributed by atoms with E-state index < -0.39 is 6.04 Å². The first-order valence-electron chi connectivity index (χ1n) is 9.68. The first-order chi connectivity index (χ1) is 14.6. The van der Waals surface area contributed by atoms with Gasteiger partial charge < -0.3 is 15.0 Å². The smallest absolute Gasteiger partial charge is 0.261 e. The average Bonchev–Trinajstić information content (AvgIpc) is 2.70. The van der Waals surface area contributed by atoms with Gasteiger partial charge in [-0.05, 0) is 59.1 Å². The molecule has 31 heavy (non-hydrogen) atoms. The second-order valence-electron chi connectivity index (χ2n) is 7.40. The van der Waals surface area contributed by atoms with Gasteiger partial charge in [-0.1, -0.05) is 54.7 Å². The number of nitrogens with one attached hydrogen (secondary N) is 1. The van der Waals surface area contributed by atoms with Gasteiger partial charge in [-0.2, -0.15) is 0 Å². The number of rotatable bonds is 9. The number of amides is 2. The number of halogens is 4. The van der Waals surface area contributed by atoms with E-state index in [1.807, 2.05) is 13.8 Å². The normalized spacial score (nSPS) is 11.9. The minimum atomic E-state index is -0.754. The summed E-state index contributed by atoms with van der Waals surface area (Å²) in [5, 5.41) is 4.23. The third-order valence-electron chi connectivity index (χ3n) is 4.49. The Labute approximate surface area is 206 Å². The average molecular weight is 551 g/mol. The van der Waals surface area contributed by atoms with Crippen molar-refractivity contribution in [2.45, 2.75) is 33.4 Å². The lowest BCUT2D eigenvalue weighted by Crippen LogP contribution is -2.49. The van der Waals surface area contributed by atoms with Crippen LogP contribution >= 0.6 is 50.7 Å². The van der Waals surface area contributed by atoms with Crippen molar-refractivity contribution in [1.29, 1.82) is 0 Å². The molecule has 0 heterocycles. The van der Waals surface area contributed by atoms with Crippen molar-refractivity contribution >= 4 is 62.5 Å². The zero-order valence-electron chi connectivity index (χ0n) is 17.4. The van der Waals surface area contributed by atoms with E-state index in [9.17, 15) is 9.59 Å². The number of hydrogen-bond acceptors (Lipinski definition) is 3. The Hall–Kier alpha value is -1.47. The Morgan fingerprint density at radius 2 is 1.74 bits per heavy atom. The highest BCUT2D eigenvalue weighted by Gasteiger charge is 2.28. The number of benzene rings is 2. The molecule has 0 fully saturated rings. The minimum absolute atomic E-state index is 0.0682. The van der Waals surface area contributed by atoms with Crippen LogP contribution in [0.1, 0.15) is 26.3 Å². The van der Waals surface area contributed by atoms with Crippen molar-refractivity contribution in [3.8, 4) is 5.75 Å². The molecule has 2 aromatic carbocycles. The van der Waals surface area contributed by atoms with Crippen LogP contribution in [0.15, 0.2) is 40.9 Å². The summed E-state index contributed by atoms with van der Waals surface area (Å²) in [6, 6.07) is 9.34. The molecule has 9 heteroatoms. The van der Waals surface area contributed by atoms with E-state index in [4.69, 9.17) is 39.5 Å². The Morgan fingerprint density at radius 3 is 2.32 bits per heavy atom. The van der Waals surface area contributed by atoms with Crippen LogP contribution in [-0.4, -0.2) is 35.9 Å². The minimum Gasteiger partial charge on any atom is -0.483 e. The molecule has 0 saturated carbocycles. The largest absolute Gasteiger partial charge is 0.483 e. The maximum atomic E-state index is 13.1. The van der Waals surface area contributed by atoms with Crippen LogP contribution in [0, 0.1) is 5.92 Å². The standard InChI is InChI=1S/C22H24BrCl3N2O3/c1-13(2)10-27-22(30)14(3)28(11-16-18(25)5-4-6-19(16)26)21(29)12-31-20-8-7-15(24)9-17(20)23/h4-9,13-14H,10-12H2,1-3H3,(H,27,30). The molecule has 168 valence electrons. The van der Waals surface area contributed by atoms with E-state index in [0.29, 0.717) is 37.4 Å². The van der Waals surface area contributed by atoms with Gasteiger partial charge >= 0.3 is 0 Å². The van der Waals surface area contributed by atoms with E-state index in [0.717, 1.165) is 0 Å². The lowest BCUT2D eigenvalue weighted by atomic mass is 10.1. The summed E-state index contributed by atoms with van der Waals surface area (Å²) in [4.78, 5) is 27.2. The molecule has 0 spiro atoms. The van der Waals surface area contributed by atoms with Crippen LogP contribution in [0.3, 0.4) is 0 Å². The zero-order chi connectivity index (χ0) is 23.1. The number of carbonyl (C=O) groups excluding carboxylic acids is 2. The van der Waals surface area contributed by atoms with Gasteiger partial charge in [0.05, 0.1) is 4.47 Å². The fourth-order valence-corrected chi connectivity index (χ4v) is 4.02. The Morgan fingerprint density at radius 1 is 1.10 bits per heavy atom. The molecule has 5 nitrogen and oxygen atoms in total. The maximum absolute atomic E-state index is 13.1. The molecule has 2 amide bonds. The molecule has 1 unspecified atom stereocenters. The van der Waals surface area contributed by atoms with Gasteiger partial charge in [0.25, 0.3) is 5.91 Å². The second-order valence-corrected chi connectivity index (χ2v) is 9.51. The molecule has 0 aromatic heterocycles. The van der Waals surface area contributed by atoms with Crippen LogP contribution in [-0.2, 0) is 16.1 Å². The van der Waals surface area contributed by atoms with Crippen LogP contribution in [0.4, 0.5) is 0 Å². The SMILES string of the molecule is CC(C)CNC(=O)C(C)N(Cc1c(Cl)cccc1Cl)C(=O)COc1ccc(Cl)cc1Br. The van der Waals surface area contributed by atoms with Gasteiger partial charge in [0.15, 0.2) is 6.61 Å². The van der Waals surface area contributed by atoms with E-state index in [1.165, 1.54) is 4.90 Å². The molecule has 0 saturated heterocycles. The van der Waals surface area contributed by atoms with Crippen molar-refractivity contribution in [2.75, 3.05) is 13.2 Å². The fourth-order valence-electron chi connectivity index (χ4n) is 2.70. The Balaban J connectivity index is 2.22. The highest BCUT2D eigenvalue weighted by Crippen LogP contribution is 2.29. The summed E-state index contributed by atoms with van der Waals surface area (Å²) in [5.41, 5.74) is 0.565. The lowest BCUT2D eigenvalue weighted by Gasteiger charge is -2.29. The van der Waals surface area contributed by atoms with Crippen molar-refractivity contribution < 1.29 is 14.3 Å². The van der Waals surface area contributed by atoms with Gasteiger partial charge in [-0.3, -0.25) is 9.59 Å². The summed E-state index contributed by atoms with van der Waals surface area (Å²) in [7, 11) is 0. The van der Waals surface area contributed by atoms with Gasteiger partial charge in [0.2, 0.25) is 5.91 Å².